The van der Waals surface area contributed by atoms with Crippen molar-refractivity contribution >= 4 is 17.4 Å². The van der Waals surface area contributed by atoms with Gasteiger partial charge in [0.15, 0.2) is 0 Å². The Balaban J connectivity index is 1.68. The van der Waals surface area contributed by atoms with Gasteiger partial charge in [0.1, 0.15) is 23.6 Å². The SMILES string of the molecule is COc1cccc(NC(=O)c2cc(NCc3ccccc3C)ncn2)c1. The molecule has 1 aromatic heterocycles. The van der Waals surface area contributed by atoms with Gasteiger partial charge in [-0.05, 0) is 30.2 Å². The minimum atomic E-state index is -0.306. The zero-order valence-electron chi connectivity index (χ0n) is 14.7. The van der Waals surface area contributed by atoms with Gasteiger partial charge >= 0.3 is 0 Å². The summed E-state index contributed by atoms with van der Waals surface area (Å²) in [6, 6.07) is 16.9. The van der Waals surface area contributed by atoms with Crippen LogP contribution in [0.4, 0.5) is 11.5 Å². The number of ether oxygens (including phenoxy) is 1. The van der Waals surface area contributed by atoms with Crippen molar-refractivity contribution in [3.8, 4) is 5.75 Å². The monoisotopic (exact) mass is 348 g/mol. The Hall–Kier alpha value is -3.41. The van der Waals surface area contributed by atoms with Gasteiger partial charge in [-0.2, -0.15) is 0 Å². The molecule has 0 saturated heterocycles. The van der Waals surface area contributed by atoms with Crippen molar-refractivity contribution < 1.29 is 9.53 Å². The van der Waals surface area contributed by atoms with Crippen molar-refractivity contribution in [3.05, 3.63) is 77.7 Å². The fourth-order valence-corrected chi connectivity index (χ4v) is 2.47. The fraction of sp³-hybridized carbons (Fsp3) is 0.150. The van der Waals surface area contributed by atoms with Gasteiger partial charge < -0.3 is 15.4 Å². The molecular weight excluding hydrogens is 328 g/mol. The van der Waals surface area contributed by atoms with Crippen LogP contribution in [0.15, 0.2) is 60.9 Å². The van der Waals surface area contributed by atoms with Crippen LogP contribution < -0.4 is 15.4 Å². The van der Waals surface area contributed by atoms with Gasteiger partial charge in [-0.25, -0.2) is 9.97 Å². The molecule has 0 fully saturated rings. The molecule has 2 aromatic carbocycles. The number of rotatable bonds is 6. The second-order valence-electron chi connectivity index (χ2n) is 5.75. The van der Waals surface area contributed by atoms with Crippen LogP contribution in [0, 0.1) is 6.92 Å². The normalized spacial score (nSPS) is 10.2. The number of anilines is 2. The van der Waals surface area contributed by atoms with Crippen LogP contribution in [0.5, 0.6) is 5.75 Å². The topological polar surface area (TPSA) is 76.1 Å². The van der Waals surface area contributed by atoms with E-state index in [4.69, 9.17) is 4.74 Å². The maximum Gasteiger partial charge on any atom is 0.274 e. The summed E-state index contributed by atoms with van der Waals surface area (Å²) in [4.78, 5) is 20.7. The lowest BCUT2D eigenvalue weighted by molar-refractivity contribution is 0.102. The summed E-state index contributed by atoms with van der Waals surface area (Å²) in [7, 11) is 1.58. The van der Waals surface area contributed by atoms with Gasteiger partial charge in [-0.1, -0.05) is 30.3 Å². The molecule has 0 aliphatic heterocycles. The molecule has 0 unspecified atom stereocenters. The predicted octanol–water partition coefficient (Wildman–Crippen LogP) is 3.66. The van der Waals surface area contributed by atoms with E-state index in [1.54, 1.807) is 25.3 Å². The Kier molecular flexibility index (Phi) is 5.43. The summed E-state index contributed by atoms with van der Waals surface area (Å²) in [5.41, 5.74) is 3.30. The predicted molar refractivity (Wildman–Crippen MR) is 101 cm³/mol. The Bertz CT molecular complexity index is 912. The molecular formula is C20H20N4O2. The second kappa shape index (κ2) is 8.11. The zero-order chi connectivity index (χ0) is 18.4. The van der Waals surface area contributed by atoms with E-state index < -0.39 is 0 Å². The molecule has 0 bridgehead atoms. The first-order valence-corrected chi connectivity index (χ1v) is 8.21. The number of carbonyl (C=O) groups is 1. The average molecular weight is 348 g/mol. The van der Waals surface area contributed by atoms with Crippen LogP contribution in [-0.2, 0) is 6.54 Å². The Morgan fingerprint density at radius 2 is 1.92 bits per heavy atom. The van der Waals surface area contributed by atoms with E-state index in [0.717, 1.165) is 0 Å². The average Bonchev–Trinajstić information content (AvgIpc) is 2.68. The first-order valence-electron chi connectivity index (χ1n) is 8.21. The molecule has 2 N–H and O–H groups in total. The number of methoxy groups -OCH3 is 1. The molecule has 26 heavy (non-hydrogen) atoms. The number of hydrogen-bond donors (Lipinski definition) is 2. The number of hydrogen-bond acceptors (Lipinski definition) is 5. The third-order valence-corrected chi connectivity index (χ3v) is 3.95. The summed E-state index contributed by atoms with van der Waals surface area (Å²) >= 11 is 0. The highest BCUT2D eigenvalue weighted by molar-refractivity contribution is 6.03. The number of aryl methyl sites for hydroxylation is 1. The van der Waals surface area contributed by atoms with Crippen molar-refractivity contribution in [2.24, 2.45) is 0 Å². The first kappa shape index (κ1) is 17.4. The van der Waals surface area contributed by atoms with Crippen LogP contribution in [0.3, 0.4) is 0 Å². The number of carbonyl (C=O) groups excluding carboxylic acids is 1. The van der Waals surface area contributed by atoms with Crippen molar-refractivity contribution in [1.82, 2.24) is 9.97 Å². The number of nitrogens with one attached hydrogen (secondary N) is 2. The van der Waals surface area contributed by atoms with Gasteiger partial charge in [0.25, 0.3) is 5.91 Å². The lowest BCUT2D eigenvalue weighted by Crippen LogP contribution is -2.14. The van der Waals surface area contributed by atoms with E-state index in [0.29, 0.717) is 23.8 Å². The largest absolute Gasteiger partial charge is 0.497 e. The van der Waals surface area contributed by atoms with Crippen molar-refractivity contribution in [1.29, 1.82) is 0 Å². The van der Waals surface area contributed by atoms with Gasteiger partial charge in [0, 0.05) is 24.4 Å². The molecule has 0 aliphatic carbocycles. The van der Waals surface area contributed by atoms with Crippen molar-refractivity contribution in [3.63, 3.8) is 0 Å². The van der Waals surface area contributed by atoms with Gasteiger partial charge in [0.05, 0.1) is 7.11 Å². The van der Waals surface area contributed by atoms with E-state index in [9.17, 15) is 4.79 Å². The summed E-state index contributed by atoms with van der Waals surface area (Å²) in [6.07, 6.45) is 1.38. The molecule has 1 heterocycles. The molecule has 0 radical (unpaired) electrons. The summed E-state index contributed by atoms with van der Waals surface area (Å²) < 4.78 is 5.16. The highest BCUT2D eigenvalue weighted by Crippen LogP contribution is 2.17. The van der Waals surface area contributed by atoms with Gasteiger partial charge in [0.2, 0.25) is 0 Å². The number of aromatic nitrogens is 2. The third-order valence-electron chi connectivity index (χ3n) is 3.95. The van der Waals surface area contributed by atoms with E-state index in [1.807, 2.05) is 24.3 Å². The van der Waals surface area contributed by atoms with Crippen LogP contribution in [0.25, 0.3) is 0 Å². The summed E-state index contributed by atoms with van der Waals surface area (Å²) in [5.74, 6) is 0.963. The molecule has 6 nitrogen and oxygen atoms in total. The minimum absolute atomic E-state index is 0.287. The van der Waals surface area contributed by atoms with E-state index in [-0.39, 0.29) is 11.6 Å². The molecule has 0 spiro atoms. The van der Waals surface area contributed by atoms with Crippen molar-refractivity contribution in [2.75, 3.05) is 17.7 Å². The molecule has 3 aromatic rings. The highest BCUT2D eigenvalue weighted by atomic mass is 16.5. The third kappa shape index (κ3) is 4.36. The molecule has 1 amide bonds. The van der Waals surface area contributed by atoms with Crippen LogP contribution in [0.2, 0.25) is 0 Å². The number of benzene rings is 2. The molecule has 6 heteroatoms. The molecule has 0 aliphatic rings. The van der Waals surface area contributed by atoms with E-state index >= 15 is 0 Å². The molecule has 0 atom stereocenters. The summed E-state index contributed by atoms with van der Waals surface area (Å²) in [5, 5.41) is 6.03. The van der Waals surface area contributed by atoms with Gasteiger partial charge in [-0.15, -0.1) is 0 Å². The van der Waals surface area contributed by atoms with E-state index in [1.165, 1.54) is 17.5 Å². The fourth-order valence-electron chi connectivity index (χ4n) is 2.47. The van der Waals surface area contributed by atoms with Gasteiger partial charge in [-0.3, -0.25) is 4.79 Å². The highest BCUT2D eigenvalue weighted by Gasteiger charge is 2.10. The van der Waals surface area contributed by atoms with Crippen LogP contribution in [0.1, 0.15) is 21.6 Å². The lowest BCUT2D eigenvalue weighted by Gasteiger charge is -2.10. The Morgan fingerprint density at radius 1 is 1.08 bits per heavy atom. The minimum Gasteiger partial charge on any atom is -0.497 e. The van der Waals surface area contributed by atoms with Crippen molar-refractivity contribution in [2.45, 2.75) is 13.5 Å². The zero-order valence-corrected chi connectivity index (χ0v) is 14.7. The molecule has 0 saturated carbocycles. The second-order valence-corrected chi connectivity index (χ2v) is 5.75. The van der Waals surface area contributed by atoms with E-state index in [2.05, 4.69) is 39.7 Å². The van der Waals surface area contributed by atoms with Crippen LogP contribution >= 0.6 is 0 Å². The Labute approximate surface area is 152 Å². The Morgan fingerprint density at radius 3 is 2.73 bits per heavy atom. The summed E-state index contributed by atoms with van der Waals surface area (Å²) in [6.45, 7) is 2.69. The lowest BCUT2D eigenvalue weighted by atomic mass is 10.1. The first-order chi connectivity index (χ1) is 12.7. The van der Waals surface area contributed by atoms with Crippen LogP contribution in [-0.4, -0.2) is 23.0 Å². The number of nitrogens with zero attached hydrogens (tertiary/aromatic N) is 2. The maximum absolute atomic E-state index is 12.4. The standard InChI is InChI=1S/C20H20N4O2/c1-14-6-3-4-7-15(14)12-21-19-11-18(22-13-23-19)20(25)24-16-8-5-9-17(10-16)26-2/h3-11,13H,12H2,1-2H3,(H,24,25)(H,21,22,23). The molecule has 3 rings (SSSR count). The smallest absolute Gasteiger partial charge is 0.274 e. The quantitative estimate of drug-likeness (QED) is 0.711. The molecule has 132 valence electrons. The maximum atomic E-state index is 12.4. The number of amides is 1.